The Balaban J connectivity index is 1.70. The Morgan fingerprint density at radius 2 is 1.81 bits per heavy atom. The lowest BCUT2D eigenvalue weighted by Gasteiger charge is -2.23. The van der Waals surface area contributed by atoms with E-state index in [1.807, 2.05) is 30.3 Å². The van der Waals surface area contributed by atoms with Gasteiger partial charge in [-0.1, -0.05) is 30.3 Å². The van der Waals surface area contributed by atoms with Crippen LogP contribution in [0.25, 0.3) is 0 Å². The Morgan fingerprint density at radius 1 is 1.09 bits per heavy atom. The van der Waals surface area contributed by atoms with Crippen LogP contribution >= 0.6 is 0 Å². The van der Waals surface area contributed by atoms with Gasteiger partial charge in [0.2, 0.25) is 5.91 Å². The third-order valence-corrected chi connectivity index (χ3v) is 4.40. The molecule has 0 atom stereocenters. The highest BCUT2D eigenvalue weighted by molar-refractivity contribution is 6.43. The molecular formula is C23H25FN4O4. The Hall–Kier alpha value is -3.75. The fourth-order valence-electron chi connectivity index (χ4n) is 2.96. The third-order valence-electron chi connectivity index (χ3n) is 4.40. The summed E-state index contributed by atoms with van der Waals surface area (Å²) < 4.78 is 19.2. The number of hydrogen-bond donors (Lipinski definition) is 2. The zero-order valence-electron chi connectivity index (χ0n) is 18.1. The predicted octanol–water partition coefficient (Wildman–Crippen LogP) is 4.29. The Labute approximate surface area is 185 Å². The Kier molecular flexibility index (Phi) is 6.87. The van der Waals surface area contributed by atoms with Crippen LogP contribution in [0.3, 0.4) is 0 Å². The number of nitrogens with one attached hydrogen (secondary N) is 2. The first-order valence-corrected chi connectivity index (χ1v) is 10.1. The molecule has 1 heterocycles. The van der Waals surface area contributed by atoms with E-state index in [4.69, 9.17) is 4.74 Å². The van der Waals surface area contributed by atoms with E-state index in [0.717, 1.165) is 11.6 Å². The van der Waals surface area contributed by atoms with E-state index in [2.05, 4.69) is 15.7 Å². The van der Waals surface area contributed by atoms with Gasteiger partial charge in [-0.3, -0.25) is 14.9 Å². The van der Waals surface area contributed by atoms with Crippen LogP contribution in [0.2, 0.25) is 0 Å². The lowest BCUT2D eigenvalue weighted by atomic mass is 10.1. The van der Waals surface area contributed by atoms with Crippen LogP contribution in [-0.2, 0) is 20.9 Å². The number of anilines is 2. The Bertz CT molecular complexity index is 1050. The van der Waals surface area contributed by atoms with Crippen LogP contribution in [0.5, 0.6) is 0 Å². The molecule has 0 aromatic heterocycles. The summed E-state index contributed by atoms with van der Waals surface area (Å²) in [4.78, 5) is 36.8. The van der Waals surface area contributed by atoms with Gasteiger partial charge in [0, 0.05) is 18.5 Å². The molecule has 0 aliphatic carbocycles. The average molecular weight is 440 g/mol. The molecule has 0 saturated heterocycles. The maximum Gasteiger partial charge on any atom is 0.412 e. The molecule has 0 radical (unpaired) electrons. The van der Waals surface area contributed by atoms with Crippen LogP contribution in [0, 0.1) is 5.82 Å². The largest absolute Gasteiger partial charge is 0.444 e. The van der Waals surface area contributed by atoms with Crippen molar-refractivity contribution in [3.8, 4) is 0 Å². The lowest BCUT2D eigenvalue weighted by molar-refractivity contribution is -0.132. The predicted molar refractivity (Wildman–Crippen MR) is 119 cm³/mol. The minimum atomic E-state index is -0.813. The number of carbonyl (C=O) groups excluding carboxylic acids is 3. The number of rotatable bonds is 5. The molecule has 1 aliphatic heterocycles. The van der Waals surface area contributed by atoms with Gasteiger partial charge in [-0.05, 0) is 44.5 Å². The standard InChI is InChI=1S/C23H25FN4O4/c1-23(2,3)32-22(31)26-19-13-16(9-10-17(19)24)25-21(30)18-11-12-20(29)28(27-18)14-15-7-5-4-6-8-15/h4-10,13H,11-12,14H2,1-3H3,(H,25,30)(H,26,31). The monoisotopic (exact) mass is 440 g/mol. The minimum Gasteiger partial charge on any atom is -0.444 e. The quantitative estimate of drug-likeness (QED) is 0.724. The SMILES string of the molecule is CC(C)(C)OC(=O)Nc1cc(NC(=O)C2=NN(Cc3ccccc3)C(=O)CC2)ccc1F. The van der Waals surface area contributed by atoms with Crippen molar-refractivity contribution in [3.05, 3.63) is 59.9 Å². The van der Waals surface area contributed by atoms with Crippen LogP contribution < -0.4 is 10.6 Å². The third kappa shape index (κ3) is 6.37. The molecule has 2 N–H and O–H groups in total. The molecule has 168 valence electrons. The number of amides is 3. The molecule has 3 rings (SSSR count). The van der Waals surface area contributed by atoms with E-state index in [1.165, 1.54) is 17.1 Å². The van der Waals surface area contributed by atoms with Crippen LogP contribution in [0.15, 0.2) is 53.6 Å². The first kappa shape index (κ1) is 22.9. The summed E-state index contributed by atoms with van der Waals surface area (Å²) in [5.74, 6) is -1.36. The van der Waals surface area contributed by atoms with Gasteiger partial charge < -0.3 is 10.1 Å². The van der Waals surface area contributed by atoms with Crippen molar-refractivity contribution in [3.63, 3.8) is 0 Å². The van der Waals surface area contributed by atoms with E-state index in [9.17, 15) is 18.8 Å². The highest BCUT2D eigenvalue weighted by Gasteiger charge is 2.25. The summed E-state index contributed by atoms with van der Waals surface area (Å²) in [7, 11) is 0. The molecule has 0 bridgehead atoms. The first-order chi connectivity index (χ1) is 15.1. The highest BCUT2D eigenvalue weighted by atomic mass is 19.1. The maximum atomic E-state index is 14.1. The number of halogens is 1. The number of carbonyl (C=O) groups is 3. The average Bonchev–Trinajstić information content (AvgIpc) is 2.71. The van der Waals surface area contributed by atoms with E-state index in [-0.39, 0.29) is 42.4 Å². The van der Waals surface area contributed by atoms with Gasteiger partial charge in [-0.15, -0.1) is 0 Å². The molecule has 3 amide bonds. The van der Waals surface area contributed by atoms with Gasteiger partial charge in [-0.25, -0.2) is 14.2 Å². The fraction of sp³-hybridized carbons (Fsp3) is 0.304. The van der Waals surface area contributed by atoms with Gasteiger partial charge in [0.25, 0.3) is 5.91 Å². The number of hydrazone groups is 1. The molecule has 1 aliphatic rings. The molecule has 0 saturated carbocycles. The summed E-state index contributed by atoms with van der Waals surface area (Å²) >= 11 is 0. The van der Waals surface area contributed by atoms with Gasteiger partial charge >= 0.3 is 6.09 Å². The molecule has 2 aromatic rings. The first-order valence-electron chi connectivity index (χ1n) is 10.1. The molecular weight excluding hydrogens is 415 g/mol. The minimum absolute atomic E-state index is 0.136. The maximum absolute atomic E-state index is 14.1. The second-order valence-electron chi connectivity index (χ2n) is 8.26. The fourth-order valence-corrected chi connectivity index (χ4v) is 2.96. The number of hydrogen-bond acceptors (Lipinski definition) is 5. The van der Waals surface area contributed by atoms with E-state index < -0.39 is 23.4 Å². The molecule has 0 spiro atoms. The van der Waals surface area contributed by atoms with E-state index in [1.54, 1.807) is 20.8 Å². The van der Waals surface area contributed by atoms with Crippen molar-refractivity contribution < 1.29 is 23.5 Å². The van der Waals surface area contributed by atoms with Crippen molar-refractivity contribution >= 4 is 35.0 Å². The van der Waals surface area contributed by atoms with Gasteiger partial charge in [0.05, 0.1) is 12.2 Å². The molecule has 9 heteroatoms. The molecule has 32 heavy (non-hydrogen) atoms. The van der Waals surface area contributed by atoms with Crippen molar-refractivity contribution in [1.82, 2.24) is 5.01 Å². The molecule has 0 fully saturated rings. The summed E-state index contributed by atoms with van der Waals surface area (Å²) in [6, 6.07) is 13.1. The molecule has 2 aromatic carbocycles. The lowest BCUT2D eigenvalue weighted by Crippen LogP contribution is -2.36. The van der Waals surface area contributed by atoms with Crippen molar-refractivity contribution in [2.75, 3.05) is 10.6 Å². The normalized spacial score (nSPS) is 13.9. The number of nitrogens with zero attached hydrogens (tertiary/aromatic N) is 2. The highest BCUT2D eigenvalue weighted by Crippen LogP contribution is 2.22. The number of ether oxygens (including phenoxy) is 1. The van der Waals surface area contributed by atoms with Crippen LogP contribution in [-0.4, -0.2) is 34.2 Å². The van der Waals surface area contributed by atoms with Crippen molar-refractivity contribution in [1.29, 1.82) is 0 Å². The van der Waals surface area contributed by atoms with Gasteiger partial charge in [0.1, 0.15) is 17.1 Å². The summed E-state index contributed by atoms with van der Waals surface area (Å²) in [5, 5.41) is 10.4. The van der Waals surface area contributed by atoms with Crippen LogP contribution in [0.4, 0.5) is 20.6 Å². The van der Waals surface area contributed by atoms with Gasteiger partial charge in [-0.2, -0.15) is 5.10 Å². The second-order valence-corrected chi connectivity index (χ2v) is 8.26. The topological polar surface area (TPSA) is 100 Å². The van der Waals surface area contributed by atoms with Gasteiger partial charge in [0.15, 0.2) is 0 Å². The second kappa shape index (κ2) is 9.59. The molecule has 0 unspecified atom stereocenters. The number of benzene rings is 2. The summed E-state index contributed by atoms with van der Waals surface area (Å²) in [6.45, 7) is 5.33. The van der Waals surface area contributed by atoms with Crippen molar-refractivity contribution in [2.24, 2.45) is 5.10 Å². The zero-order valence-corrected chi connectivity index (χ0v) is 18.1. The van der Waals surface area contributed by atoms with E-state index >= 15 is 0 Å². The summed E-state index contributed by atoms with van der Waals surface area (Å²) in [5.41, 5.74) is 0.462. The summed E-state index contributed by atoms with van der Waals surface area (Å²) in [6.07, 6.45) is -0.458. The zero-order chi connectivity index (χ0) is 23.3. The van der Waals surface area contributed by atoms with Crippen LogP contribution in [0.1, 0.15) is 39.2 Å². The molecule has 8 nitrogen and oxygen atoms in total. The smallest absolute Gasteiger partial charge is 0.412 e. The van der Waals surface area contributed by atoms with Crippen molar-refractivity contribution in [2.45, 2.75) is 45.8 Å². The Morgan fingerprint density at radius 3 is 2.50 bits per heavy atom. The van der Waals surface area contributed by atoms with E-state index in [0.29, 0.717) is 0 Å².